The summed E-state index contributed by atoms with van der Waals surface area (Å²) < 4.78 is 0. The van der Waals surface area contributed by atoms with Crippen LogP contribution in [0.15, 0.2) is 12.2 Å². The topological polar surface area (TPSA) is 17.1 Å². The molecule has 1 nitrogen and oxygen atoms in total. The van der Waals surface area contributed by atoms with Gasteiger partial charge in [0.2, 0.25) is 0 Å². The van der Waals surface area contributed by atoms with Crippen molar-refractivity contribution < 1.29 is 4.79 Å². The molecule has 0 unspecified atom stereocenters. The molecule has 0 N–H and O–H groups in total. The van der Waals surface area contributed by atoms with Gasteiger partial charge < -0.3 is 0 Å². The molecule has 0 atom stereocenters. The quantitative estimate of drug-likeness (QED) is 0.568. The van der Waals surface area contributed by atoms with Gasteiger partial charge in [-0.2, -0.15) is 0 Å². The van der Waals surface area contributed by atoms with Crippen molar-refractivity contribution in [3.05, 3.63) is 12.2 Å². The molecule has 1 rings (SSSR count). The van der Waals surface area contributed by atoms with Crippen molar-refractivity contribution in [2.24, 2.45) is 5.92 Å². The molecule has 0 aromatic carbocycles. The predicted octanol–water partition coefficient (Wildman–Crippen LogP) is 2.71. The number of hydrogen-bond acceptors (Lipinski definition) is 1. The highest BCUT2D eigenvalue weighted by Crippen LogP contribution is 2.25. The average molecular weight is 152 g/mol. The Kier molecular flexibility index (Phi) is 3.34. The normalized spacial score (nSPS) is 19.7. The zero-order chi connectivity index (χ0) is 8.10. The van der Waals surface area contributed by atoms with Gasteiger partial charge in [-0.25, -0.2) is 0 Å². The maximum atomic E-state index is 10.9. The van der Waals surface area contributed by atoms with Crippen LogP contribution in [-0.2, 0) is 4.79 Å². The molecule has 0 radical (unpaired) electrons. The van der Waals surface area contributed by atoms with E-state index in [1.54, 1.807) is 6.08 Å². The molecule has 0 saturated heterocycles. The molecular weight excluding hydrogens is 136 g/mol. The van der Waals surface area contributed by atoms with Crippen LogP contribution < -0.4 is 0 Å². The van der Waals surface area contributed by atoms with E-state index in [0.717, 1.165) is 0 Å². The van der Waals surface area contributed by atoms with Gasteiger partial charge in [-0.1, -0.05) is 25.8 Å². The summed E-state index contributed by atoms with van der Waals surface area (Å²) in [6, 6.07) is 0. The Labute approximate surface area is 68.5 Å². The monoisotopic (exact) mass is 152 g/mol. The van der Waals surface area contributed by atoms with Gasteiger partial charge in [0, 0.05) is 6.42 Å². The molecule has 0 aromatic rings. The molecule has 11 heavy (non-hydrogen) atoms. The summed E-state index contributed by atoms with van der Waals surface area (Å²) in [5.74, 6) is 0.961. The molecule has 0 bridgehead atoms. The summed E-state index contributed by atoms with van der Waals surface area (Å²) in [6.45, 7) is 1.90. The Morgan fingerprint density at radius 1 is 1.45 bits per heavy atom. The predicted molar refractivity (Wildman–Crippen MR) is 46.4 cm³/mol. The van der Waals surface area contributed by atoms with Crippen LogP contribution in [0.5, 0.6) is 0 Å². The van der Waals surface area contributed by atoms with Gasteiger partial charge in [0.15, 0.2) is 5.78 Å². The lowest BCUT2D eigenvalue weighted by molar-refractivity contribution is -0.114. The molecule has 1 fully saturated rings. The van der Waals surface area contributed by atoms with Crippen molar-refractivity contribution >= 4 is 5.78 Å². The minimum atomic E-state index is 0.261. The van der Waals surface area contributed by atoms with E-state index < -0.39 is 0 Å². The summed E-state index contributed by atoms with van der Waals surface area (Å²) in [6.07, 6.45) is 9.75. The van der Waals surface area contributed by atoms with Crippen LogP contribution in [-0.4, -0.2) is 5.78 Å². The van der Waals surface area contributed by atoms with Gasteiger partial charge in [-0.15, -0.1) is 0 Å². The Morgan fingerprint density at radius 2 is 2.09 bits per heavy atom. The second kappa shape index (κ2) is 4.32. The van der Waals surface area contributed by atoms with E-state index in [9.17, 15) is 4.79 Å². The lowest BCUT2D eigenvalue weighted by Gasteiger charge is -1.98. The highest BCUT2D eigenvalue weighted by molar-refractivity contribution is 5.89. The minimum Gasteiger partial charge on any atom is -0.295 e. The lowest BCUT2D eigenvalue weighted by atomic mass is 10.1. The highest BCUT2D eigenvalue weighted by Gasteiger charge is 2.11. The third-order valence-corrected chi connectivity index (χ3v) is 2.30. The molecule has 0 aliphatic heterocycles. The van der Waals surface area contributed by atoms with Crippen LogP contribution in [0.25, 0.3) is 0 Å². The van der Waals surface area contributed by atoms with Gasteiger partial charge in [-0.05, 0) is 24.8 Å². The molecule has 0 spiro atoms. The van der Waals surface area contributed by atoms with Crippen molar-refractivity contribution in [2.75, 3.05) is 0 Å². The summed E-state index contributed by atoms with van der Waals surface area (Å²) in [7, 11) is 0. The first kappa shape index (κ1) is 8.51. The van der Waals surface area contributed by atoms with E-state index in [0.29, 0.717) is 12.3 Å². The van der Waals surface area contributed by atoms with Crippen LogP contribution >= 0.6 is 0 Å². The summed E-state index contributed by atoms with van der Waals surface area (Å²) in [5, 5.41) is 0. The van der Waals surface area contributed by atoms with Crippen molar-refractivity contribution in [1.29, 1.82) is 0 Å². The molecule has 1 heteroatoms. The average Bonchev–Trinajstić information content (AvgIpc) is 2.52. The Balaban J connectivity index is 2.27. The molecule has 62 valence electrons. The smallest absolute Gasteiger partial charge is 0.155 e. The third kappa shape index (κ3) is 2.87. The molecular formula is C10H16O. The molecule has 1 aliphatic rings. The van der Waals surface area contributed by atoms with Crippen LogP contribution in [0.4, 0.5) is 0 Å². The van der Waals surface area contributed by atoms with Crippen molar-refractivity contribution in [2.45, 2.75) is 39.0 Å². The fraction of sp³-hybridized carbons (Fsp3) is 0.700. The Hall–Kier alpha value is -0.590. The second-order valence-electron chi connectivity index (χ2n) is 3.22. The standard InChI is InChI=1S/C10H16O/c1-2-10(11)8-7-9-5-3-4-6-9/h7-9H,2-6H2,1H3. The second-order valence-corrected chi connectivity index (χ2v) is 3.22. The number of hydrogen-bond donors (Lipinski definition) is 0. The van der Waals surface area contributed by atoms with Crippen LogP contribution in [0.2, 0.25) is 0 Å². The zero-order valence-corrected chi connectivity index (χ0v) is 7.18. The van der Waals surface area contributed by atoms with E-state index in [1.807, 2.05) is 6.92 Å². The first-order valence-corrected chi connectivity index (χ1v) is 4.54. The lowest BCUT2D eigenvalue weighted by Crippen LogP contribution is -1.91. The van der Waals surface area contributed by atoms with Gasteiger partial charge in [0.05, 0.1) is 0 Å². The fourth-order valence-electron chi connectivity index (χ4n) is 1.51. The highest BCUT2D eigenvalue weighted by atomic mass is 16.1. The van der Waals surface area contributed by atoms with E-state index in [1.165, 1.54) is 25.7 Å². The molecule has 0 aromatic heterocycles. The first-order valence-electron chi connectivity index (χ1n) is 4.54. The number of carbonyl (C=O) groups excluding carboxylic acids is 1. The summed E-state index contributed by atoms with van der Waals surface area (Å²) >= 11 is 0. The third-order valence-electron chi connectivity index (χ3n) is 2.30. The van der Waals surface area contributed by atoms with E-state index in [2.05, 4.69) is 6.08 Å². The maximum absolute atomic E-state index is 10.9. The van der Waals surface area contributed by atoms with Crippen molar-refractivity contribution in [3.63, 3.8) is 0 Å². The van der Waals surface area contributed by atoms with E-state index in [4.69, 9.17) is 0 Å². The van der Waals surface area contributed by atoms with Gasteiger partial charge in [0.25, 0.3) is 0 Å². The number of rotatable bonds is 3. The van der Waals surface area contributed by atoms with Crippen LogP contribution in [0, 0.1) is 5.92 Å². The van der Waals surface area contributed by atoms with Gasteiger partial charge in [-0.3, -0.25) is 4.79 Å². The molecule has 1 aliphatic carbocycles. The van der Waals surface area contributed by atoms with Crippen LogP contribution in [0.1, 0.15) is 39.0 Å². The van der Waals surface area contributed by atoms with Gasteiger partial charge in [0.1, 0.15) is 0 Å². The van der Waals surface area contributed by atoms with Crippen molar-refractivity contribution in [1.82, 2.24) is 0 Å². The van der Waals surface area contributed by atoms with Crippen LogP contribution in [0.3, 0.4) is 0 Å². The molecule has 1 saturated carbocycles. The van der Waals surface area contributed by atoms with Gasteiger partial charge >= 0.3 is 0 Å². The number of carbonyl (C=O) groups is 1. The molecule has 0 heterocycles. The Bertz CT molecular complexity index is 152. The largest absolute Gasteiger partial charge is 0.295 e. The summed E-state index contributed by atoms with van der Waals surface area (Å²) in [4.78, 5) is 10.9. The minimum absolute atomic E-state index is 0.261. The maximum Gasteiger partial charge on any atom is 0.155 e. The van der Waals surface area contributed by atoms with E-state index in [-0.39, 0.29) is 5.78 Å². The molecule has 0 amide bonds. The van der Waals surface area contributed by atoms with Crippen molar-refractivity contribution in [3.8, 4) is 0 Å². The fourth-order valence-corrected chi connectivity index (χ4v) is 1.51. The summed E-state index contributed by atoms with van der Waals surface area (Å²) in [5.41, 5.74) is 0. The Morgan fingerprint density at radius 3 is 2.64 bits per heavy atom. The SMILES string of the molecule is CCC(=O)C=CC1CCCC1. The first-order chi connectivity index (χ1) is 5.33. The number of allylic oxidation sites excluding steroid dienone is 2. The van der Waals surface area contributed by atoms with E-state index >= 15 is 0 Å². The number of ketones is 1. The zero-order valence-electron chi connectivity index (χ0n) is 7.18.